The molecule has 0 amide bonds. The van der Waals surface area contributed by atoms with Crippen molar-refractivity contribution >= 4 is 5.69 Å². The van der Waals surface area contributed by atoms with E-state index >= 15 is 0 Å². The topological polar surface area (TPSA) is 91.4 Å². The molecule has 1 rings (SSSR count). The number of aryl methyl sites for hydroxylation is 2. The first-order valence-corrected chi connectivity index (χ1v) is 5.27. The van der Waals surface area contributed by atoms with Crippen molar-refractivity contribution in [3.8, 4) is 0 Å². The summed E-state index contributed by atoms with van der Waals surface area (Å²) < 4.78 is 0. The fourth-order valence-electron chi connectivity index (χ4n) is 1.61. The minimum absolute atomic E-state index is 0.124. The van der Waals surface area contributed by atoms with Crippen LogP contribution in [-0.4, -0.2) is 34.5 Å². The van der Waals surface area contributed by atoms with Crippen molar-refractivity contribution in [2.75, 3.05) is 18.5 Å². The van der Waals surface area contributed by atoms with Gasteiger partial charge in [-0.3, -0.25) is 4.98 Å². The second-order valence-electron chi connectivity index (χ2n) is 3.79. The van der Waals surface area contributed by atoms with Crippen LogP contribution in [0, 0.1) is 13.8 Å². The quantitative estimate of drug-likeness (QED) is 0.563. The number of hydrogen-bond donors (Lipinski definition) is 4. The third-order valence-electron chi connectivity index (χ3n) is 2.46. The van der Waals surface area contributed by atoms with Gasteiger partial charge in [-0.1, -0.05) is 0 Å². The Bertz CT molecular complexity index is 351. The second-order valence-corrected chi connectivity index (χ2v) is 3.79. The molecule has 5 N–H and O–H groups in total. The van der Waals surface area contributed by atoms with Gasteiger partial charge in [-0.2, -0.15) is 0 Å². The van der Waals surface area contributed by atoms with E-state index in [1.807, 2.05) is 19.9 Å². The lowest BCUT2D eigenvalue weighted by Gasteiger charge is -2.19. The SMILES string of the molecule is Cc1cc(NC(CO)CO)c(CN)c(C)n1. The Labute approximate surface area is 95.3 Å². The van der Waals surface area contributed by atoms with Crippen LogP contribution in [0.1, 0.15) is 17.0 Å². The van der Waals surface area contributed by atoms with Gasteiger partial charge in [0, 0.05) is 29.2 Å². The summed E-state index contributed by atoms with van der Waals surface area (Å²) in [4.78, 5) is 4.32. The van der Waals surface area contributed by atoms with Crippen molar-refractivity contribution in [3.63, 3.8) is 0 Å². The molecule has 0 radical (unpaired) electrons. The Morgan fingerprint density at radius 3 is 2.50 bits per heavy atom. The first kappa shape index (κ1) is 12.9. The van der Waals surface area contributed by atoms with E-state index in [0.717, 1.165) is 22.6 Å². The van der Waals surface area contributed by atoms with Crippen LogP contribution in [-0.2, 0) is 6.54 Å². The molecule has 0 aromatic carbocycles. The van der Waals surface area contributed by atoms with E-state index in [9.17, 15) is 0 Å². The summed E-state index contributed by atoms with van der Waals surface area (Å²) >= 11 is 0. The molecule has 0 aliphatic carbocycles. The van der Waals surface area contributed by atoms with Gasteiger partial charge >= 0.3 is 0 Å². The average molecular weight is 225 g/mol. The molecule has 0 aliphatic heterocycles. The number of aliphatic hydroxyl groups is 2. The molecule has 0 unspecified atom stereocenters. The summed E-state index contributed by atoms with van der Waals surface area (Å²) in [6.07, 6.45) is 0. The summed E-state index contributed by atoms with van der Waals surface area (Å²) in [5.74, 6) is 0. The van der Waals surface area contributed by atoms with E-state index in [4.69, 9.17) is 15.9 Å². The van der Waals surface area contributed by atoms with E-state index in [2.05, 4.69) is 10.3 Å². The summed E-state index contributed by atoms with van der Waals surface area (Å²) in [5.41, 5.74) is 9.16. The first-order chi connectivity index (χ1) is 7.62. The predicted molar refractivity (Wildman–Crippen MR) is 63.2 cm³/mol. The van der Waals surface area contributed by atoms with Gasteiger partial charge in [-0.05, 0) is 19.9 Å². The lowest BCUT2D eigenvalue weighted by Crippen LogP contribution is -2.28. The maximum absolute atomic E-state index is 9.02. The summed E-state index contributed by atoms with van der Waals surface area (Å²) in [6, 6.07) is 1.50. The minimum Gasteiger partial charge on any atom is -0.394 e. The second kappa shape index (κ2) is 5.79. The maximum atomic E-state index is 9.02. The van der Waals surface area contributed by atoms with Crippen molar-refractivity contribution in [2.24, 2.45) is 5.73 Å². The lowest BCUT2D eigenvalue weighted by atomic mass is 10.1. The van der Waals surface area contributed by atoms with Gasteiger partial charge < -0.3 is 21.3 Å². The Morgan fingerprint density at radius 1 is 1.38 bits per heavy atom. The van der Waals surface area contributed by atoms with Crippen LogP contribution in [0.4, 0.5) is 5.69 Å². The summed E-state index contributed by atoms with van der Waals surface area (Å²) in [6.45, 7) is 3.92. The van der Waals surface area contributed by atoms with Crippen LogP contribution >= 0.6 is 0 Å². The minimum atomic E-state index is -0.369. The monoisotopic (exact) mass is 225 g/mol. The zero-order chi connectivity index (χ0) is 12.1. The molecule has 0 spiro atoms. The Balaban J connectivity index is 3.01. The average Bonchev–Trinajstić information content (AvgIpc) is 2.25. The number of pyridine rings is 1. The zero-order valence-electron chi connectivity index (χ0n) is 9.70. The largest absolute Gasteiger partial charge is 0.394 e. The molecule has 5 nitrogen and oxygen atoms in total. The van der Waals surface area contributed by atoms with Crippen molar-refractivity contribution < 1.29 is 10.2 Å². The van der Waals surface area contributed by atoms with E-state index in [1.165, 1.54) is 0 Å². The van der Waals surface area contributed by atoms with Gasteiger partial charge in [-0.15, -0.1) is 0 Å². The summed E-state index contributed by atoms with van der Waals surface area (Å²) in [7, 11) is 0. The van der Waals surface area contributed by atoms with Gasteiger partial charge in [0.25, 0.3) is 0 Å². The molecular formula is C11H19N3O2. The van der Waals surface area contributed by atoms with Crippen molar-refractivity contribution in [3.05, 3.63) is 23.0 Å². The van der Waals surface area contributed by atoms with Crippen LogP contribution in [0.15, 0.2) is 6.07 Å². The Morgan fingerprint density at radius 2 is 2.00 bits per heavy atom. The van der Waals surface area contributed by atoms with Gasteiger partial charge in [-0.25, -0.2) is 0 Å². The zero-order valence-corrected chi connectivity index (χ0v) is 9.70. The molecular weight excluding hydrogens is 206 g/mol. The molecule has 90 valence electrons. The van der Waals surface area contributed by atoms with Gasteiger partial charge in [0.05, 0.1) is 19.3 Å². The van der Waals surface area contributed by atoms with E-state index < -0.39 is 0 Å². The molecule has 0 saturated carbocycles. The van der Waals surface area contributed by atoms with Crippen LogP contribution in [0.5, 0.6) is 0 Å². The van der Waals surface area contributed by atoms with Gasteiger partial charge in [0.1, 0.15) is 0 Å². The highest BCUT2D eigenvalue weighted by Crippen LogP contribution is 2.19. The fraction of sp³-hybridized carbons (Fsp3) is 0.545. The molecule has 5 heteroatoms. The molecule has 1 aromatic rings. The number of rotatable bonds is 5. The highest BCUT2D eigenvalue weighted by atomic mass is 16.3. The number of hydrogen-bond acceptors (Lipinski definition) is 5. The molecule has 0 saturated heterocycles. The van der Waals surface area contributed by atoms with E-state index in [0.29, 0.717) is 6.54 Å². The standard InChI is InChI=1S/C11H19N3O2/c1-7-3-11(14-9(5-15)6-16)10(4-12)8(2)13-7/h3,9,15-16H,4-6,12H2,1-2H3,(H,13,14). The van der Waals surface area contributed by atoms with Crippen LogP contribution in [0.3, 0.4) is 0 Å². The van der Waals surface area contributed by atoms with Crippen LogP contribution < -0.4 is 11.1 Å². The van der Waals surface area contributed by atoms with Crippen molar-refractivity contribution in [2.45, 2.75) is 26.4 Å². The lowest BCUT2D eigenvalue weighted by molar-refractivity contribution is 0.204. The molecule has 0 aliphatic rings. The molecule has 16 heavy (non-hydrogen) atoms. The third-order valence-corrected chi connectivity index (χ3v) is 2.46. The number of nitrogens with two attached hydrogens (primary N) is 1. The number of nitrogens with zero attached hydrogens (tertiary/aromatic N) is 1. The highest BCUT2D eigenvalue weighted by Gasteiger charge is 2.11. The van der Waals surface area contributed by atoms with Crippen molar-refractivity contribution in [1.82, 2.24) is 4.98 Å². The molecule has 0 atom stereocenters. The van der Waals surface area contributed by atoms with Gasteiger partial charge in [0.2, 0.25) is 0 Å². The van der Waals surface area contributed by atoms with Gasteiger partial charge in [0.15, 0.2) is 0 Å². The molecule has 1 heterocycles. The normalized spacial score (nSPS) is 10.9. The smallest absolute Gasteiger partial charge is 0.0723 e. The predicted octanol–water partition coefficient (Wildman–Crippen LogP) is -0.0778. The highest BCUT2D eigenvalue weighted by molar-refractivity contribution is 5.54. The molecule has 0 bridgehead atoms. The first-order valence-electron chi connectivity index (χ1n) is 5.27. The number of aromatic nitrogens is 1. The van der Waals surface area contributed by atoms with Crippen LogP contribution in [0.2, 0.25) is 0 Å². The third kappa shape index (κ3) is 2.91. The molecule has 0 fully saturated rings. The number of nitrogens with one attached hydrogen (secondary N) is 1. The Kier molecular flexibility index (Phi) is 4.67. The van der Waals surface area contributed by atoms with E-state index in [1.54, 1.807) is 0 Å². The summed E-state index contributed by atoms with van der Waals surface area (Å²) in [5, 5.41) is 21.1. The number of aliphatic hydroxyl groups excluding tert-OH is 2. The van der Waals surface area contributed by atoms with Crippen LogP contribution in [0.25, 0.3) is 0 Å². The van der Waals surface area contributed by atoms with Crippen molar-refractivity contribution in [1.29, 1.82) is 0 Å². The van der Waals surface area contributed by atoms with E-state index in [-0.39, 0.29) is 19.3 Å². The number of anilines is 1. The fourth-order valence-corrected chi connectivity index (χ4v) is 1.61. The Hall–Kier alpha value is -1.17. The maximum Gasteiger partial charge on any atom is 0.0723 e. The molecule has 1 aromatic heterocycles.